The number of ether oxygens (including phenoxy) is 2. The van der Waals surface area contributed by atoms with E-state index in [-0.39, 0.29) is 18.6 Å². The molecule has 1 aliphatic rings. The molecular formula is C16H20N2O3. The minimum Gasteiger partial charge on any atom is -0.497 e. The van der Waals surface area contributed by atoms with Gasteiger partial charge in [0.05, 0.1) is 18.7 Å². The van der Waals surface area contributed by atoms with Crippen molar-refractivity contribution in [3.63, 3.8) is 0 Å². The highest BCUT2D eigenvalue weighted by molar-refractivity contribution is 5.77. The molecule has 1 fully saturated rings. The summed E-state index contributed by atoms with van der Waals surface area (Å²) >= 11 is 0. The molecule has 112 valence electrons. The first-order valence-corrected chi connectivity index (χ1v) is 7.22. The van der Waals surface area contributed by atoms with Crippen LogP contribution in [-0.4, -0.2) is 25.7 Å². The SMILES string of the molecule is COc1cc(C#N)cc(OCC(=O)NC2CCCCC2)c1. The van der Waals surface area contributed by atoms with E-state index in [4.69, 9.17) is 14.7 Å². The molecule has 0 unspecified atom stereocenters. The molecule has 21 heavy (non-hydrogen) atoms. The maximum Gasteiger partial charge on any atom is 0.258 e. The van der Waals surface area contributed by atoms with Gasteiger partial charge in [0.15, 0.2) is 6.61 Å². The zero-order chi connectivity index (χ0) is 15.1. The Morgan fingerprint density at radius 3 is 2.67 bits per heavy atom. The van der Waals surface area contributed by atoms with E-state index in [1.165, 1.54) is 26.4 Å². The summed E-state index contributed by atoms with van der Waals surface area (Å²) in [6, 6.07) is 7.18. The number of hydrogen-bond acceptors (Lipinski definition) is 4. The van der Waals surface area contributed by atoms with Crippen molar-refractivity contribution in [1.82, 2.24) is 5.32 Å². The smallest absolute Gasteiger partial charge is 0.258 e. The molecule has 0 heterocycles. The minimum absolute atomic E-state index is 0.0471. The Hall–Kier alpha value is -2.22. The van der Waals surface area contributed by atoms with Crippen molar-refractivity contribution in [2.24, 2.45) is 0 Å². The molecule has 1 aliphatic carbocycles. The molecule has 5 nitrogen and oxygen atoms in total. The van der Waals surface area contributed by atoms with Crippen LogP contribution in [0.1, 0.15) is 37.7 Å². The van der Waals surface area contributed by atoms with Crippen LogP contribution in [0.5, 0.6) is 11.5 Å². The summed E-state index contributed by atoms with van der Waals surface area (Å²) in [5.74, 6) is 0.879. The quantitative estimate of drug-likeness (QED) is 0.903. The molecular weight excluding hydrogens is 268 g/mol. The number of nitrogens with one attached hydrogen (secondary N) is 1. The number of carbonyl (C=O) groups is 1. The summed E-state index contributed by atoms with van der Waals surface area (Å²) in [6.45, 7) is -0.0471. The summed E-state index contributed by atoms with van der Waals surface area (Å²) in [7, 11) is 1.52. The van der Waals surface area contributed by atoms with E-state index in [2.05, 4.69) is 5.32 Å². The van der Waals surface area contributed by atoms with Crippen LogP contribution in [0.15, 0.2) is 18.2 Å². The first kappa shape index (κ1) is 15.2. The topological polar surface area (TPSA) is 71.3 Å². The molecule has 0 bridgehead atoms. The maximum absolute atomic E-state index is 11.9. The first-order valence-electron chi connectivity index (χ1n) is 7.22. The highest BCUT2D eigenvalue weighted by Gasteiger charge is 2.16. The van der Waals surface area contributed by atoms with E-state index in [1.807, 2.05) is 6.07 Å². The number of hydrogen-bond donors (Lipinski definition) is 1. The van der Waals surface area contributed by atoms with Gasteiger partial charge in [0.2, 0.25) is 0 Å². The molecule has 0 spiro atoms. The van der Waals surface area contributed by atoms with Gasteiger partial charge in [-0.1, -0.05) is 19.3 Å². The summed E-state index contributed by atoms with van der Waals surface area (Å²) in [5, 5.41) is 11.9. The van der Waals surface area contributed by atoms with Gasteiger partial charge in [0.25, 0.3) is 5.91 Å². The second kappa shape index (κ2) is 7.53. The Kier molecular flexibility index (Phi) is 5.44. The molecule has 1 aromatic carbocycles. The van der Waals surface area contributed by atoms with Gasteiger partial charge in [-0.25, -0.2) is 0 Å². The summed E-state index contributed by atoms with van der Waals surface area (Å²) in [5.41, 5.74) is 0.442. The predicted molar refractivity (Wildman–Crippen MR) is 78.2 cm³/mol. The van der Waals surface area contributed by atoms with E-state index < -0.39 is 0 Å². The van der Waals surface area contributed by atoms with Gasteiger partial charge in [-0.05, 0) is 25.0 Å². The van der Waals surface area contributed by atoms with E-state index >= 15 is 0 Å². The normalized spacial score (nSPS) is 15.0. The summed E-state index contributed by atoms with van der Waals surface area (Å²) < 4.78 is 10.5. The molecule has 1 amide bonds. The zero-order valence-electron chi connectivity index (χ0n) is 12.2. The van der Waals surface area contributed by atoms with Crippen LogP contribution < -0.4 is 14.8 Å². The van der Waals surface area contributed by atoms with Crippen molar-refractivity contribution in [2.45, 2.75) is 38.1 Å². The Morgan fingerprint density at radius 2 is 2.00 bits per heavy atom. The Morgan fingerprint density at radius 1 is 1.29 bits per heavy atom. The van der Waals surface area contributed by atoms with Crippen molar-refractivity contribution < 1.29 is 14.3 Å². The second-order valence-corrected chi connectivity index (χ2v) is 5.20. The van der Waals surface area contributed by atoms with E-state index in [1.54, 1.807) is 18.2 Å². The lowest BCUT2D eigenvalue weighted by Crippen LogP contribution is -2.38. The Bertz CT molecular complexity index is 531. The van der Waals surface area contributed by atoms with Crippen LogP contribution in [0.3, 0.4) is 0 Å². The van der Waals surface area contributed by atoms with Crippen molar-refractivity contribution >= 4 is 5.91 Å². The highest BCUT2D eigenvalue weighted by atomic mass is 16.5. The molecule has 5 heteroatoms. The van der Waals surface area contributed by atoms with Gasteiger partial charge in [-0.15, -0.1) is 0 Å². The number of carbonyl (C=O) groups excluding carboxylic acids is 1. The molecule has 0 aromatic heterocycles. The fourth-order valence-corrected chi connectivity index (χ4v) is 2.50. The molecule has 1 N–H and O–H groups in total. The number of benzene rings is 1. The molecule has 0 saturated heterocycles. The third-order valence-electron chi connectivity index (χ3n) is 3.59. The van der Waals surface area contributed by atoms with Gasteiger partial charge < -0.3 is 14.8 Å². The number of rotatable bonds is 5. The summed E-state index contributed by atoms with van der Waals surface area (Å²) in [6.07, 6.45) is 5.69. The Balaban J connectivity index is 1.87. The van der Waals surface area contributed by atoms with Crippen LogP contribution >= 0.6 is 0 Å². The van der Waals surface area contributed by atoms with Crippen molar-refractivity contribution in [3.05, 3.63) is 23.8 Å². The number of amides is 1. The van der Waals surface area contributed by atoms with E-state index in [0.29, 0.717) is 17.1 Å². The van der Waals surface area contributed by atoms with Crippen LogP contribution in [0.2, 0.25) is 0 Å². The number of nitriles is 1. The third kappa shape index (κ3) is 4.67. The number of nitrogens with zero attached hydrogens (tertiary/aromatic N) is 1. The third-order valence-corrected chi connectivity index (χ3v) is 3.59. The Labute approximate surface area is 124 Å². The summed E-state index contributed by atoms with van der Waals surface area (Å²) in [4.78, 5) is 11.9. The van der Waals surface area contributed by atoms with Crippen molar-refractivity contribution in [3.8, 4) is 17.6 Å². The number of methoxy groups -OCH3 is 1. The molecule has 0 radical (unpaired) electrons. The maximum atomic E-state index is 11.9. The monoisotopic (exact) mass is 288 g/mol. The van der Waals surface area contributed by atoms with E-state index in [9.17, 15) is 4.79 Å². The fraction of sp³-hybridized carbons (Fsp3) is 0.500. The lowest BCUT2D eigenvalue weighted by molar-refractivity contribution is -0.124. The van der Waals surface area contributed by atoms with Crippen LogP contribution in [0.4, 0.5) is 0 Å². The van der Waals surface area contributed by atoms with Crippen LogP contribution in [0.25, 0.3) is 0 Å². The van der Waals surface area contributed by atoms with Crippen LogP contribution in [0, 0.1) is 11.3 Å². The minimum atomic E-state index is -0.122. The average molecular weight is 288 g/mol. The molecule has 2 rings (SSSR count). The van der Waals surface area contributed by atoms with Gasteiger partial charge >= 0.3 is 0 Å². The first-order chi connectivity index (χ1) is 10.2. The van der Waals surface area contributed by atoms with Crippen LogP contribution in [-0.2, 0) is 4.79 Å². The molecule has 1 saturated carbocycles. The highest BCUT2D eigenvalue weighted by Crippen LogP contribution is 2.22. The zero-order valence-corrected chi connectivity index (χ0v) is 12.2. The molecule has 0 aliphatic heterocycles. The standard InChI is InChI=1S/C16H20N2O3/c1-20-14-7-12(10-17)8-15(9-14)21-11-16(19)18-13-5-3-2-4-6-13/h7-9,13H,2-6,11H2,1H3,(H,18,19). The molecule has 0 atom stereocenters. The van der Waals surface area contributed by atoms with Gasteiger partial charge in [0.1, 0.15) is 11.5 Å². The fourth-order valence-electron chi connectivity index (χ4n) is 2.50. The van der Waals surface area contributed by atoms with Gasteiger partial charge in [-0.2, -0.15) is 5.26 Å². The largest absolute Gasteiger partial charge is 0.497 e. The van der Waals surface area contributed by atoms with Crippen molar-refractivity contribution in [2.75, 3.05) is 13.7 Å². The van der Waals surface area contributed by atoms with E-state index in [0.717, 1.165) is 12.8 Å². The average Bonchev–Trinajstić information content (AvgIpc) is 2.53. The lowest BCUT2D eigenvalue weighted by Gasteiger charge is -2.22. The lowest BCUT2D eigenvalue weighted by atomic mass is 9.95. The predicted octanol–water partition coefficient (Wildman–Crippen LogP) is 2.39. The van der Waals surface area contributed by atoms with Gasteiger partial charge in [0, 0.05) is 12.1 Å². The second-order valence-electron chi connectivity index (χ2n) is 5.20. The van der Waals surface area contributed by atoms with Crippen molar-refractivity contribution in [1.29, 1.82) is 5.26 Å². The van der Waals surface area contributed by atoms with Gasteiger partial charge in [-0.3, -0.25) is 4.79 Å². The molecule has 1 aromatic rings.